The third-order valence-electron chi connectivity index (χ3n) is 3.67. The van der Waals surface area contributed by atoms with Gasteiger partial charge in [0.25, 0.3) is 5.91 Å². The summed E-state index contributed by atoms with van der Waals surface area (Å²) in [6.45, 7) is 1.58. The normalized spacial score (nSPS) is 14.1. The first kappa shape index (κ1) is 18.1. The molecule has 0 unspecified atom stereocenters. The second kappa shape index (κ2) is 8.58. The molecule has 8 heteroatoms. The van der Waals surface area contributed by atoms with Gasteiger partial charge in [0.1, 0.15) is 0 Å². The average Bonchev–Trinajstić information content (AvgIpc) is 2.59. The molecule has 0 aromatic heterocycles. The molecule has 1 aliphatic rings. The van der Waals surface area contributed by atoms with Crippen molar-refractivity contribution in [3.8, 4) is 0 Å². The number of benzene rings is 1. The van der Waals surface area contributed by atoms with E-state index in [1.165, 1.54) is 11.9 Å². The predicted molar refractivity (Wildman–Crippen MR) is 93.6 cm³/mol. The number of nitrogens with one attached hydrogen (secondary N) is 1. The van der Waals surface area contributed by atoms with Gasteiger partial charge in [0.2, 0.25) is 0 Å². The number of hydrogen-bond donors (Lipinski definition) is 2. The maximum atomic E-state index is 12.5. The molecule has 0 spiro atoms. The van der Waals surface area contributed by atoms with E-state index in [1.54, 1.807) is 24.3 Å². The van der Waals surface area contributed by atoms with Crippen molar-refractivity contribution in [2.75, 3.05) is 43.5 Å². The number of carboxylic acid groups (broad SMARTS) is 1. The molecular formula is C16H21N3O4S. The van der Waals surface area contributed by atoms with Gasteiger partial charge in [-0.2, -0.15) is 11.8 Å². The summed E-state index contributed by atoms with van der Waals surface area (Å²) in [5, 5.41) is 11.3. The van der Waals surface area contributed by atoms with E-state index >= 15 is 0 Å². The highest BCUT2D eigenvalue weighted by molar-refractivity contribution is 7.99. The van der Waals surface area contributed by atoms with Crippen LogP contribution in [0.3, 0.4) is 0 Å². The molecule has 1 aromatic rings. The SMILES string of the molecule is CN(CCC(=O)O)C(=O)Nc1cccc(C(=O)N2CCSCC2)c1. The molecule has 7 nitrogen and oxygen atoms in total. The highest BCUT2D eigenvalue weighted by Crippen LogP contribution is 2.16. The molecule has 0 saturated carbocycles. The molecule has 0 bridgehead atoms. The number of amides is 3. The predicted octanol–water partition coefficient (Wildman–Crippen LogP) is 1.81. The molecule has 1 fully saturated rings. The zero-order valence-electron chi connectivity index (χ0n) is 13.5. The molecule has 0 aliphatic carbocycles. The summed E-state index contributed by atoms with van der Waals surface area (Å²) >= 11 is 1.83. The molecular weight excluding hydrogens is 330 g/mol. The molecule has 2 N–H and O–H groups in total. The Morgan fingerprint density at radius 1 is 1.29 bits per heavy atom. The standard InChI is InChI=1S/C16H21N3O4S/c1-18(6-5-14(20)21)16(23)17-13-4-2-3-12(11-13)15(22)19-7-9-24-10-8-19/h2-4,11H,5-10H2,1H3,(H,17,23)(H,20,21). The molecule has 130 valence electrons. The number of rotatable bonds is 5. The Morgan fingerprint density at radius 3 is 2.67 bits per heavy atom. The molecule has 1 heterocycles. The van der Waals surface area contributed by atoms with Gasteiger partial charge in [0.05, 0.1) is 6.42 Å². The second-order valence-corrected chi connectivity index (χ2v) is 6.71. The molecule has 3 amide bonds. The smallest absolute Gasteiger partial charge is 0.321 e. The van der Waals surface area contributed by atoms with Gasteiger partial charge in [-0.3, -0.25) is 9.59 Å². The van der Waals surface area contributed by atoms with Crippen LogP contribution in [-0.4, -0.2) is 71.0 Å². The van der Waals surface area contributed by atoms with Crippen LogP contribution < -0.4 is 5.32 Å². The number of hydrogen-bond acceptors (Lipinski definition) is 4. The summed E-state index contributed by atoms with van der Waals surface area (Å²) < 4.78 is 0. The third-order valence-corrected chi connectivity index (χ3v) is 4.61. The number of anilines is 1. The fourth-order valence-electron chi connectivity index (χ4n) is 2.26. The molecule has 1 aliphatic heterocycles. The van der Waals surface area contributed by atoms with Crippen molar-refractivity contribution >= 4 is 35.4 Å². The van der Waals surface area contributed by atoms with E-state index in [1.807, 2.05) is 16.7 Å². The second-order valence-electron chi connectivity index (χ2n) is 5.48. The first-order valence-electron chi connectivity index (χ1n) is 7.68. The van der Waals surface area contributed by atoms with Gasteiger partial charge in [-0.05, 0) is 18.2 Å². The highest BCUT2D eigenvalue weighted by atomic mass is 32.2. The lowest BCUT2D eigenvalue weighted by Crippen LogP contribution is -2.38. The van der Waals surface area contributed by atoms with Crippen LogP contribution in [-0.2, 0) is 4.79 Å². The van der Waals surface area contributed by atoms with Crippen molar-refractivity contribution in [2.45, 2.75) is 6.42 Å². The van der Waals surface area contributed by atoms with Crippen molar-refractivity contribution in [1.82, 2.24) is 9.80 Å². The van der Waals surface area contributed by atoms with Crippen LogP contribution in [0.2, 0.25) is 0 Å². The molecule has 0 atom stereocenters. The fourth-order valence-corrected chi connectivity index (χ4v) is 3.17. The van der Waals surface area contributed by atoms with E-state index in [9.17, 15) is 14.4 Å². The lowest BCUT2D eigenvalue weighted by molar-refractivity contribution is -0.137. The van der Waals surface area contributed by atoms with Gasteiger partial charge in [-0.25, -0.2) is 4.79 Å². The largest absolute Gasteiger partial charge is 0.481 e. The first-order valence-corrected chi connectivity index (χ1v) is 8.84. The lowest BCUT2D eigenvalue weighted by Gasteiger charge is -2.26. The monoisotopic (exact) mass is 351 g/mol. The number of carboxylic acids is 1. The maximum absolute atomic E-state index is 12.5. The maximum Gasteiger partial charge on any atom is 0.321 e. The zero-order chi connectivity index (χ0) is 17.5. The van der Waals surface area contributed by atoms with Crippen molar-refractivity contribution in [2.24, 2.45) is 0 Å². The molecule has 1 aromatic carbocycles. The van der Waals surface area contributed by atoms with E-state index < -0.39 is 12.0 Å². The number of aliphatic carboxylic acids is 1. The van der Waals surface area contributed by atoms with Crippen LogP contribution >= 0.6 is 11.8 Å². The van der Waals surface area contributed by atoms with Crippen LogP contribution in [0.5, 0.6) is 0 Å². The Labute approximate surface area is 145 Å². The molecule has 1 saturated heterocycles. The summed E-state index contributed by atoms with van der Waals surface area (Å²) in [6.07, 6.45) is -0.116. The summed E-state index contributed by atoms with van der Waals surface area (Å²) in [5.41, 5.74) is 1.05. The Kier molecular flexibility index (Phi) is 6.48. The number of thioether (sulfide) groups is 1. The highest BCUT2D eigenvalue weighted by Gasteiger charge is 2.19. The van der Waals surface area contributed by atoms with Gasteiger partial charge in [0, 0.05) is 49.4 Å². The number of urea groups is 1. The van der Waals surface area contributed by atoms with E-state index in [0.29, 0.717) is 11.3 Å². The summed E-state index contributed by atoms with van der Waals surface area (Å²) in [7, 11) is 1.53. The van der Waals surface area contributed by atoms with Crippen molar-refractivity contribution < 1.29 is 19.5 Å². The summed E-state index contributed by atoms with van der Waals surface area (Å²) in [4.78, 5) is 38.2. The third kappa shape index (κ3) is 5.16. The van der Waals surface area contributed by atoms with Crippen LogP contribution in [0, 0.1) is 0 Å². The number of carbonyl (C=O) groups excluding carboxylic acids is 2. The molecule has 2 rings (SSSR count). The van der Waals surface area contributed by atoms with Crippen LogP contribution in [0.4, 0.5) is 10.5 Å². The van der Waals surface area contributed by atoms with Crippen LogP contribution in [0.15, 0.2) is 24.3 Å². The minimum absolute atomic E-state index is 0.0365. The van der Waals surface area contributed by atoms with Gasteiger partial charge in [0.15, 0.2) is 0 Å². The van der Waals surface area contributed by atoms with Gasteiger partial charge in [-0.15, -0.1) is 0 Å². The average molecular weight is 351 g/mol. The van der Waals surface area contributed by atoms with E-state index in [0.717, 1.165) is 24.6 Å². The van der Waals surface area contributed by atoms with Gasteiger partial charge < -0.3 is 20.2 Å². The Bertz CT molecular complexity index is 617. The Hall–Kier alpha value is -2.22. The molecule has 24 heavy (non-hydrogen) atoms. The fraction of sp³-hybridized carbons (Fsp3) is 0.438. The van der Waals surface area contributed by atoms with Crippen molar-refractivity contribution in [1.29, 1.82) is 0 Å². The van der Waals surface area contributed by atoms with Crippen LogP contribution in [0.1, 0.15) is 16.8 Å². The van der Waals surface area contributed by atoms with E-state index in [2.05, 4.69) is 5.32 Å². The van der Waals surface area contributed by atoms with Crippen molar-refractivity contribution in [3.63, 3.8) is 0 Å². The topological polar surface area (TPSA) is 90.0 Å². The summed E-state index contributed by atoms with van der Waals surface area (Å²) in [6, 6.07) is 6.39. The lowest BCUT2D eigenvalue weighted by atomic mass is 10.1. The zero-order valence-corrected chi connectivity index (χ0v) is 14.3. The van der Waals surface area contributed by atoms with Crippen molar-refractivity contribution in [3.05, 3.63) is 29.8 Å². The van der Waals surface area contributed by atoms with E-state index in [-0.39, 0.29) is 18.9 Å². The first-order chi connectivity index (χ1) is 11.5. The minimum Gasteiger partial charge on any atom is -0.481 e. The Balaban J connectivity index is 1.97. The minimum atomic E-state index is -0.957. The number of carbonyl (C=O) groups is 3. The van der Waals surface area contributed by atoms with Crippen LogP contribution in [0.25, 0.3) is 0 Å². The number of nitrogens with zero attached hydrogens (tertiary/aromatic N) is 2. The quantitative estimate of drug-likeness (QED) is 0.844. The molecule has 0 radical (unpaired) electrons. The summed E-state index contributed by atoms with van der Waals surface area (Å²) in [5.74, 6) is 0.889. The van der Waals surface area contributed by atoms with E-state index in [4.69, 9.17) is 5.11 Å². The van der Waals surface area contributed by atoms with Gasteiger partial charge in [-0.1, -0.05) is 6.07 Å². The Morgan fingerprint density at radius 2 is 2.00 bits per heavy atom. The van der Waals surface area contributed by atoms with Gasteiger partial charge >= 0.3 is 12.0 Å².